The van der Waals surface area contributed by atoms with Gasteiger partial charge >= 0.3 is 0 Å². The van der Waals surface area contributed by atoms with E-state index in [1.165, 1.54) is 12.8 Å². The second kappa shape index (κ2) is 9.59. The van der Waals surface area contributed by atoms with Gasteiger partial charge in [0.2, 0.25) is 0 Å². The van der Waals surface area contributed by atoms with Gasteiger partial charge in [-0.05, 0) is 25.0 Å². The minimum Gasteiger partial charge on any atom is -0.370 e. The van der Waals surface area contributed by atoms with Crippen molar-refractivity contribution in [3.8, 4) is 0 Å². The molecule has 0 aromatic carbocycles. The normalized spacial score (nSPS) is 10.3. The predicted octanol–water partition coefficient (Wildman–Crippen LogP) is 3.87. The van der Waals surface area contributed by atoms with E-state index in [0.717, 1.165) is 25.8 Å². The number of amides is 1. The van der Waals surface area contributed by atoms with E-state index in [9.17, 15) is 4.79 Å². The van der Waals surface area contributed by atoms with E-state index in [1.807, 2.05) is 0 Å². The molecule has 0 aliphatic carbocycles. The number of unbranched alkanes of at least 4 members (excludes halogenated alkanes) is 3. The summed E-state index contributed by atoms with van der Waals surface area (Å²) in [5.41, 5.74) is 0.295. The number of hydrogen-bond acceptors (Lipinski definition) is 3. The maximum atomic E-state index is 12.0. The molecule has 20 heavy (non-hydrogen) atoms. The van der Waals surface area contributed by atoms with Crippen LogP contribution in [-0.4, -0.2) is 24.0 Å². The van der Waals surface area contributed by atoms with Gasteiger partial charge in [0, 0.05) is 13.1 Å². The smallest absolute Gasteiger partial charge is 0.271 e. The lowest BCUT2D eigenvalue weighted by Gasteiger charge is -2.09. The molecule has 2 N–H and O–H groups in total. The first-order chi connectivity index (χ1) is 9.69. The van der Waals surface area contributed by atoms with E-state index >= 15 is 0 Å². The summed E-state index contributed by atoms with van der Waals surface area (Å²) in [7, 11) is 0. The third-order valence-corrected chi connectivity index (χ3v) is 3.24. The zero-order valence-corrected chi connectivity index (χ0v) is 13.1. The average molecular weight is 298 g/mol. The summed E-state index contributed by atoms with van der Waals surface area (Å²) in [6.45, 7) is 5.74. The molecule has 0 aliphatic heterocycles. The van der Waals surface area contributed by atoms with E-state index in [4.69, 9.17) is 11.6 Å². The van der Waals surface area contributed by atoms with Crippen LogP contribution in [0.5, 0.6) is 0 Å². The quantitative estimate of drug-likeness (QED) is 0.680. The van der Waals surface area contributed by atoms with Gasteiger partial charge in [0.1, 0.15) is 11.5 Å². The van der Waals surface area contributed by atoms with Crippen LogP contribution >= 0.6 is 11.6 Å². The zero-order valence-electron chi connectivity index (χ0n) is 12.3. The van der Waals surface area contributed by atoms with Crippen molar-refractivity contribution in [2.24, 2.45) is 0 Å². The van der Waals surface area contributed by atoms with Gasteiger partial charge in [-0.2, -0.15) is 0 Å². The predicted molar refractivity (Wildman–Crippen MR) is 84.5 cm³/mol. The number of halogens is 1. The second-order valence-electron chi connectivity index (χ2n) is 4.77. The number of nitrogens with one attached hydrogen (secondary N) is 2. The summed E-state index contributed by atoms with van der Waals surface area (Å²) in [5.74, 6) is 0.485. The van der Waals surface area contributed by atoms with Gasteiger partial charge in [0.15, 0.2) is 0 Å². The van der Waals surface area contributed by atoms with Crippen molar-refractivity contribution in [1.82, 2.24) is 10.3 Å². The molecule has 0 aliphatic rings. The van der Waals surface area contributed by atoms with E-state index in [2.05, 4.69) is 29.5 Å². The SMILES string of the molecule is CCCCCCNC(=O)c1nc(NCCC)ccc1Cl. The van der Waals surface area contributed by atoms with Crippen LogP contribution < -0.4 is 10.6 Å². The molecule has 0 saturated heterocycles. The molecule has 0 bridgehead atoms. The topological polar surface area (TPSA) is 54.0 Å². The van der Waals surface area contributed by atoms with Crippen LogP contribution in [0.3, 0.4) is 0 Å². The third-order valence-electron chi connectivity index (χ3n) is 2.93. The molecule has 0 radical (unpaired) electrons. The Kier molecular flexibility index (Phi) is 8.04. The standard InChI is InChI=1S/C15H24ClN3O/c1-3-5-6-7-11-18-15(20)14-12(16)8-9-13(19-14)17-10-4-2/h8-9H,3-7,10-11H2,1-2H3,(H,17,19)(H,18,20). The fraction of sp³-hybridized carbons (Fsp3) is 0.600. The van der Waals surface area contributed by atoms with E-state index in [0.29, 0.717) is 23.1 Å². The number of hydrogen-bond donors (Lipinski definition) is 2. The first kappa shape index (κ1) is 16.8. The average Bonchev–Trinajstić information content (AvgIpc) is 2.46. The maximum Gasteiger partial charge on any atom is 0.271 e. The molecule has 1 heterocycles. The van der Waals surface area contributed by atoms with Crippen LogP contribution in [0.25, 0.3) is 0 Å². The van der Waals surface area contributed by atoms with Crippen molar-refractivity contribution in [3.63, 3.8) is 0 Å². The van der Waals surface area contributed by atoms with E-state index in [-0.39, 0.29) is 5.91 Å². The Morgan fingerprint density at radius 1 is 1.15 bits per heavy atom. The Morgan fingerprint density at radius 2 is 1.95 bits per heavy atom. The summed E-state index contributed by atoms with van der Waals surface area (Å²) >= 11 is 6.04. The van der Waals surface area contributed by atoms with Gasteiger partial charge in [-0.15, -0.1) is 0 Å². The number of pyridine rings is 1. The molecule has 112 valence electrons. The molecule has 0 spiro atoms. The molecular formula is C15H24ClN3O. The van der Waals surface area contributed by atoms with Crippen LogP contribution in [0, 0.1) is 0 Å². The zero-order chi connectivity index (χ0) is 14.8. The summed E-state index contributed by atoms with van der Waals surface area (Å²) in [6.07, 6.45) is 5.52. The fourth-order valence-corrected chi connectivity index (χ4v) is 1.98. The largest absolute Gasteiger partial charge is 0.370 e. The van der Waals surface area contributed by atoms with Crippen molar-refractivity contribution in [2.75, 3.05) is 18.4 Å². The molecule has 1 aromatic heterocycles. The van der Waals surface area contributed by atoms with Crippen LogP contribution in [-0.2, 0) is 0 Å². The molecule has 0 atom stereocenters. The molecule has 0 saturated carbocycles. The molecular weight excluding hydrogens is 274 g/mol. The van der Waals surface area contributed by atoms with E-state index in [1.54, 1.807) is 12.1 Å². The Balaban J connectivity index is 2.53. The number of anilines is 1. The van der Waals surface area contributed by atoms with Crippen molar-refractivity contribution in [2.45, 2.75) is 46.0 Å². The molecule has 1 aromatic rings. The van der Waals surface area contributed by atoms with Crippen LogP contribution in [0.1, 0.15) is 56.4 Å². The molecule has 0 unspecified atom stereocenters. The number of rotatable bonds is 9. The first-order valence-electron chi connectivity index (χ1n) is 7.37. The molecule has 5 heteroatoms. The van der Waals surface area contributed by atoms with Crippen LogP contribution in [0.15, 0.2) is 12.1 Å². The Morgan fingerprint density at radius 3 is 2.65 bits per heavy atom. The number of aromatic nitrogens is 1. The minimum absolute atomic E-state index is 0.202. The lowest BCUT2D eigenvalue weighted by atomic mass is 10.2. The summed E-state index contributed by atoms with van der Waals surface area (Å²) < 4.78 is 0. The minimum atomic E-state index is -0.202. The molecule has 1 amide bonds. The fourth-order valence-electron chi connectivity index (χ4n) is 1.79. The Labute approximate surface area is 126 Å². The maximum absolute atomic E-state index is 12.0. The highest BCUT2D eigenvalue weighted by Gasteiger charge is 2.12. The van der Waals surface area contributed by atoms with Gasteiger partial charge in [-0.25, -0.2) is 4.98 Å². The molecule has 1 rings (SSSR count). The van der Waals surface area contributed by atoms with Crippen LogP contribution in [0.4, 0.5) is 5.82 Å². The highest BCUT2D eigenvalue weighted by molar-refractivity contribution is 6.33. The van der Waals surface area contributed by atoms with E-state index < -0.39 is 0 Å². The number of nitrogens with zero attached hydrogens (tertiary/aromatic N) is 1. The van der Waals surface area contributed by atoms with Gasteiger partial charge in [-0.1, -0.05) is 44.7 Å². The van der Waals surface area contributed by atoms with Crippen molar-refractivity contribution >= 4 is 23.3 Å². The Bertz CT molecular complexity index is 424. The van der Waals surface area contributed by atoms with Crippen molar-refractivity contribution < 1.29 is 4.79 Å². The highest BCUT2D eigenvalue weighted by Crippen LogP contribution is 2.16. The summed E-state index contributed by atoms with van der Waals surface area (Å²) in [4.78, 5) is 16.3. The lowest BCUT2D eigenvalue weighted by Crippen LogP contribution is -2.26. The van der Waals surface area contributed by atoms with Crippen molar-refractivity contribution in [3.05, 3.63) is 22.8 Å². The first-order valence-corrected chi connectivity index (χ1v) is 7.75. The lowest BCUT2D eigenvalue weighted by molar-refractivity contribution is 0.0948. The van der Waals surface area contributed by atoms with Gasteiger partial charge in [0.25, 0.3) is 5.91 Å². The molecule has 4 nitrogen and oxygen atoms in total. The number of carbonyl (C=O) groups is 1. The summed E-state index contributed by atoms with van der Waals surface area (Å²) in [5, 5.41) is 6.41. The molecule has 0 fully saturated rings. The Hall–Kier alpha value is -1.29. The van der Waals surface area contributed by atoms with Crippen molar-refractivity contribution in [1.29, 1.82) is 0 Å². The van der Waals surface area contributed by atoms with Gasteiger partial charge in [-0.3, -0.25) is 4.79 Å². The second-order valence-corrected chi connectivity index (χ2v) is 5.18. The summed E-state index contributed by atoms with van der Waals surface area (Å²) in [6, 6.07) is 3.49. The monoisotopic (exact) mass is 297 g/mol. The number of carbonyl (C=O) groups excluding carboxylic acids is 1. The van der Waals surface area contributed by atoms with Gasteiger partial charge < -0.3 is 10.6 Å². The third kappa shape index (κ3) is 5.78. The van der Waals surface area contributed by atoms with Gasteiger partial charge in [0.05, 0.1) is 5.02 Å². The van der Waals surface area contributed by atoms with Crippen LogP contribution in [0.2, 0.25) is 5.02 Å². The highest BCUT2D eigenvalue weighted by atomic mass is 35.5.